The lowest BCUT2D eigenvalue weighted by atomic mass is 9.97. The van der Waals surface area contributed by atoms with Gasteiger partial charge in [0.05, 0.1) is 0 Å². The molecule has 0 spiro atoms. The van der Waals surface area contributed by atoms with E-state index in [4.69, 9.17) is 0 Å². The van der Waals surface area contributed by atoms with Crippen LogP contribution in [0.2, 0.25) is 0 Å². The van der Waals surface area contributed by atoms with Crippen LogP contribution in [0.25, 0.3) is 0 Å². The summed E-state index contributed by atoms with van der Waals surface area (Å²) in [7, 11) is 0. The van der Waals surface area contributed by atoms with Gasteiger partial charge in [0.25, 0.3) is 0 Å². The van der Waals surface area contributed by atoms with Crippen molar-refractivity contribution in [1.29, 1.82) is 0 Å². The van der Waals surface area contributed by atoms with Crippen molar-refractivity contribution < 1.29 is 0 Å². The van der Waals surface area contributed by atoms with Gasteiger partial charge in [-0.15, -0.1) is 0 Å². The third kappa shape index (κ3) is 5.81. The largest absolute Gasteiger partial charge is 0.370 e. The number of likely N-dealkylation sites (tertiary alicyclic amines) is 2. The van der Waals surface area contributed by atoms with Crippen LogP contribution < -0.4 is 10.6 Å². The second-order valence-electron chi connectivity index (χ2n) is 7.81. The van der Waals surface area contributed by atoms with Gasteiger partial charge >= 0.3 is 0 Å². The first kappa shape index (κ1) is 19.4. The number of anilines is 2. The molecular weight excluding hydrogens is 324 g/mol. The molecule has 3 rings (SSSR count). The van der Waals surface area contributed by atoms with E-state index in [1.807, 2.05) is 0 Å². The Labute approximate surface area is 158 Å². The minimum Gasteiger partial charge on any atom is -0.370 e. The van der Waals surface area contributed by atoms with Crippen LogP contribution in [-0.2, 0) is 0 Å². The van der Waals surface area contributed by atoms with E-state index in [-0.39, 0.29) is 0 Å². The number of rotatable bonds is 8. The summed E-state index contributed by atoms with van der Waals surface area (Å²) < 4.78 is 0. The van der Waals surface area contributed by atoms with Crippen LogP contribution in [0, 0.1) is 11.8 Å². The normalized spacial score (nSPS) is 21.0. The van der Waals surface area contributed by atoms with Gasteiger partial charge < -0.3 is 20.4 Å². The maximum atomic E-state index is 4.39. The van der Waals surface area contributed by atoms with Crippen LogP contribution in [-0.4, -0.2) is 72.1 Å². The van der Waals surface area contributed by atoms with Gasteiger partial charge in [0, 0.05) is 19.2 Å². The molecule has 0 aromatic carbocycles. The van der Waals surface area contributed by atoms with Crippen LogP contribution in [0.5, 0.6) is 0 Å². The number of piperidine rings is 2. The van der Waals surface area contributed by atoms with E-state index < -0.39 is 0 Å². The molecule has 2 aliphatic rings. The summed E-state index contributed by atoms with van der Waals surface area (Å²) in [5, 5.41) is 7.05. The van der Waals surface area contributed by atoms with E-state index in [9.17, 15) is 0 Å². The predicted octanol–water partition coefficient (Wildman–Crippen LogP) is 2.76. The molecule has 0 aliphatic carbocycles. The fourth-order valence-corrected chi connectivity index (χ4v) is 4.06. The van der Waals surface area contributed by atoms with Gasteiger partial charge in [0.2, 0.25) is 0 Å². The SMILES string of the molecule is CCN1CCC(CNc2cc(NCC3CCN(CC)CC3)ncn2)CC1. The average Bonchev–Trinajstić information content (AvgIpc) is 2.72. The second kappa shape index (κ2) is 10.1. The average molecular weight is 361 g/mol. The molecule has 6 nitrogen and oxygen atoms in total. The van der Waals surface area contributed by atoms with Crippen LogP contribution in [0.1, 0.15) is 39.5 Å². The number of hydrogen-bond donors (Lipinski definition) is 2. The lowest BCUT2D eigenvalue weighted by Gasteiger charge is -2.31. The molecular formula is C20H36N6. The molecule has 146 valence electrons. The van der Waals surface area contributed by atoms with Gasteiger partial charge in [-0.25, -0.2) is 9.97 Å². The van der Waals surface area contributed by atoms with Crippen LogP contribution >= 0.6 is 0 Å². The van der Waals surface area contributed by atoms with Gasteiger partial charge in [-0.05, 0) is 76.8 Å². The fraction of sp³-hybridized carbons (Fsp3) is 0.800. The third-order valence-electron chi connectivity index (χ3n) is 6.12. The maximum absolute atomic E-state index is 4.39. The molecule has 2 fully saturated rings. The highest BCUT2D eigenvalue weighted by molar-refractivity contribution is 5.46. The lowest BCUT2D eigenvalue weighted by Crippen LogP contribution is -2.35. The van der Waals surface area contributed by atoms with Crippen molar-refractivity contribution in [1.82, 2.24) is 19.8 Å². The molecule has 0 amide bonds. The molecule has 3 heterocycles. The van der Waals surface area contributed by atoms with Crippen molar-refractivity contribution in [2.24, 2.45) is 11.8 Å². The summed E-state index contributed by atoms with van der Waals surface area (Å²) >= 11 is 0. The smallest absolute Gasteiger partial charge is 0.131 e. The molecule has 0 radical (unpaired) electrons. The Balaban J connectivity index is 1.39. The topological polar surface area (TPSA) is 56.3 Å². The molecule has 0 bridgehead atoms. The highest BCUT2D eigenvalue weighted by Gasteiger charge is 2.19. The Bertz CT molecular complexity index is 478. The minimum atomic E-state index is 0.757. The molecule has 0 unspecified atom stereocenters. The monoisotopic (exact) mass is 360 g/mol. The van der Waals surface area contributed by atoms with E-state index in [0.717, 1.165) is 36.6 Å². The first-order valence-electron chi connectivity index (χ1n) is 10.5. The van der Waals surface area contributed by atoms with E-state index in [0.29, 0.717) is 0 Å². The highest BCUT2D eigenvalue weighted by Crippen LogP contribution is 2.20. The summed E-state index contributed by atoms with van der Waals surface area (Å²) in [4.78, 5) is 13.9. The van der Waals surface area contributed by atoms with Crippen LogP contribution in [0.4, 0.5) is 11.6 Å². The molecule has 6 heteroatoms. The van der Waals surface area contributed by atoms with Crippen molar-refractivity contribution in [2.75, 3.05) is 63.0 Å². The van der Waals surface area contributed by atoms with E-state index in [1.54, 1.807) is 6.33 Å². The number of nitrogens with zero attached hydrogens (tertiary/aromatic N) is 4. The van der Waals surface area contributed by atoms with E-state index >= 15 is 0 Å². The van der Waals surface area contributed by atoms with E-state index in [2.05, 4.69) is 50.3 Å². The first-order valence-corrected chi connectivity index (χ1v) is 10.5. The Kier molecular flexibility index (Phi) is 7.50. The number of hydrogen-bond acceptors (Lipinski definition) is 6. The Morgan fingerprint density at radius 2 is 1.23 bits per heavy atom. The zero-order chi connectivity index (χ0) is 18.2. The summed E-state index contributed by atoms with van der Waals surface area (Å²) in [6.45, 7) is 13.8. The fourth-order valence-electron chi connectivity index (χ4n) is 4.06. The molecule has 26 heavy (non-hydrogen) atoms. The zero-order valence-corrected chi connectivity index (χ0v) is 16.6. The lowest BCUT2D eigenvalue weighted by molar-refractivity contribution is 0.198. The zero-order valence-electron chi connectivity index (χ0n) is 16.6. The van der Waals surface area contributed by atoms with Crippen molar-refractivity contribution in [3.8, 4) is 0 Å². The van der Waals surface area contributed by atoms with Crippen molar-refractivity contribution in [3.05, 3.63) is 12.4 Å². The summed E-state index contributed by atoms with van der Waals surface area (Å²) in [6, 6.07) is 2.06. The Morgan fingerprint density at radius 3 is 1.62 bits per heavy atom. The van der Waals surface area contributed by atoms with Crippen molar-refractivity contribution >= 4 is 11.6 Å². The molecule has 2 saturated heterocycles. The minimum absolute atomic E-state index is 0.757. The molecule has 1 aromatic rings. The van der Waals surface area contributed by atoms with Crippen LogP contribution in [0.15, 0.2) is 12.4 Å². The van der Waals surface area contributed by atoms with Gasteiger partial charge in [-0.3, -0.25) is 0 Å². The second-order valence-corrected chi connectivity index (χ2v) is 7.81. The van der Waals surface area contributed by atoms with Gasteiger partial charge in [0.1, 0.15) is 18.0 Å². The van der Waals surface area contributed by atoms with Gasteiger partial charge in [-0.1, -0.05) is 13.8 Å². The predicted molar refractivity (Wildman–Crippen MR) is 109 cm³/mol. The molecule has 2 N–H and O–H groups in total. The van der Waals surface area contributed by atoms with Gasteiger partial charge in [0.15, 0.2) is 0 Å². The first-order chi connectivity index (χ1) is 12.8. The number of nitrogens with one attached hydrogen (secondary N) is 2. The summed E-state index contributed by atoms with van der Waals surface area (Å²) in [5.74, 6) is 3.41. The maximum Gasteiger partial charge on any atom is 0.131 e. The Hall–Kier alpha value is -1.40. The number of aromatic nitrogens is 2. The highest BCUT2D eigenvalue weighted by atomic mass is 15.1. The van der Waals surface area contributed by atoms with Crippen molar-refractivity contribution in [2.45, 2.75) is 39.5 Å². The summed E-state index contributed by atoms with van der Waals surface area (Å²) in [5.41, 5.74) is 0. The summed E-state index contributed by atoms with van der Waals surface area (Å²) in [6.07, 6.45) is 6.81. The van der Waals surface area contributed by atoms with Crippen LogP contribution in [0.3, 0.4) is 0 Å². The van der Waals surface area contributed by atoms with Crippen molar-refractivity contribution in [3.63, 3.8) is 0 Å². The van der Waals surface area contributed by atoms with Gasteiger partial charge in [-0.2, -0.15) is 0 Å². The van der Waals surface area contributed by atoms with E-state index in [1.165, 1.54) is 65.0 Å². The quantitative estimate of drug-likeness (QED) is 0.743. The third-order valence-corrected chi connectivity index (χ3v) is 6.12. The molecule has 2 aliphatic heterocycles. The molecule has 1 aromatic heterocycles. The molecule has 0 saturated carbocycles. The molecule has 0 atom stereocenters. The standard InChI is InChI=1S/C20H36N6/c1-3-25-9-5-17(6-10-25)14-21-19-13-20(24-16-23-19)22-15-18-7-11-26(4-2)12-8-18/h13,16-18H,3-12,14-15H2,1-2H3,(H2,21,22,23,24). The Morgan fingerprint density at radius 1 is 0.808 bits per heavy atom.